The smallest absolute Gasteiger partial charge is 0.257 e. The number of sulfonamides is 1. The number of benzene rings is 3. The van der Waals surface area contributed by atoms with Gasteiger partial charge in [-0.3, -0.25) is 14.4 Å². The summed E-state index contributed by atoms with van der Waals surface area (Å²) in [5.74, 6) is -0.366. The van der Waals surface area contributed by atoms with Crippen molar-refractivity contribution in [2.45, 2.75) is 6.54 Å². The molecule has 0 saturated carbocycles. The van der Waals surface area contributed by atoms with E-state index in [0.29, 0.717) is 32.0 Å². The number of anilines is 2. The molecule has 1 heterocycles. The summed E-state index contributed by atoms with van der Waals surface area (Å²) >= 11 is 7.47. The molecule has 1 N–H and O–H groups in total. The Balaban J connectivity index is 1.50. The molecule has 0 aliphatic carbocycles. The summed E-state index contributed by atoms with van der Waals surface area (Å²) in [6.07, 6.45) is 1.13. The molecule has 0 fully saturated rings. The maximum atomic E-state index is 12.7. The Kier molecular flexibility index (Phi) is 6.73. The lowest BCUT2D eigenvalue weighted by molar-refractivity contribution is 0.102. The van der Waals surface area contributed by atoms with Gasteiger partial charge in [-0.1, -0.05) is 71.5 Å². The van der Waals surface area contributed by atoms with Gasteiger partial charge in [-0.2, -0.15) is 0 Å². The number of aromatic nitrogens is 2. The SMILES string of the molecule is CS(=O)(=O)N(Cc1ccccc1Cl)c1ccc(C(=O)Nc2nnc(-c3ccccc3)s2)cc1. The Morgan fingerprint density at radius 1 is 0.970 bits per heavy atom. The van der Waals surface area contributed by atoms with Crippen LogP contribution in [0.1, 0.15) is 15.9 Å². The molecule has 7 nitrogen and oxygen atoms in total. The summed E-state index contributed by atoms with van der Waals surface area (Å²) < 4.78 is 26.1. The van der Waals surface area contributed by atoms with Crippen LogP contribution in [0.2, 0.25) is 5.02 Å². The average Bonchev–Trinajstić information content (AvgIpc) is 3.27. The molecule has 33 heavy (non-hydrogen) atoms. The minimum Gasteiger partial charge on any atom is -0.296 e. The summed E-state index contributed by atoms with van der Waals surface area (Å²) in [5, 5.41) is 12.4. The number of halogens is 1. The van der Waals surface area contributed by atoms with Gasteiger partial charge >= 0.3 is 0 Å². The summed E-state index contributed by atoms with van der Waals surface area (Å²) in [5.41, 5.74) is 2.38. The molecule has 1 amide bonds. The Labute approximate surface area is 200 Å². The van der Waals surface area contributed by atoms with Crippen LogP contribution in [-0.4, -0.2) is 30.8 Å². The second-order valence-corrected chi connectivity index (χ2v) is 10.4. The predicted octanol–water partition coefficient (Wildman–Crippen LogP) is 5.08. The number of amides is 1. The van der Waals surface area contributed by atoms with Crippen molar-refractivity contribution in [1.82, 2.24) is 10.2 Å². The van der Waals surface area contributed by atoms with Crippen molar-refractivity contribution >= 4 is 49.7 Å². The topological polar surface area (TPSA) is 92.3 Å². The van der Waals surface area contributed by atoms with Gasteiger partial charge < -0.3 is 0 Å². The molecular weight excluding hydrogens is 480 g/mol. The van der Waals surface area contributed by atoms with E-state index in [1.165, 1.54) is 15.6 Å². The molecule has 0 radical (unpaired) electrons. The normalized spacial score (nSPS) is 11.2. The van der Waals surface area contributed by atoms with Gasteiger partial charge in [-0.25, -0.2) is 8.42 Å². The fourth-order valence-electron chi connectivity index (χ4n) is 3.10. The molecule has 0 spiro atoms. The number of carbonyl (C=O) groups is 1. The Hall–Kier alpha value is -3.27. The highest BCUT2D eigenvalue weighted by Gasteiger charge is 2.20. The number of nitrogens with zero attached hydrogens (tertiary/aromatic N) is 3. The van der Waals surface area contributed by atoms with E-state index in [1.54, 1.807) is 48.5 Å². The molecule has 3 aromatic carbocycles. The minimum absolute atomic E-state index is 0.0805. The minimum atomic E-state index is -3.58. The van der Waals surface area contributed by atoms with Gasteiger partial charge in [0, 0.05) is 16.1 Å². The predicted molar refractivity (Wildman–Crippen MR) is 132 cm³/mol. The Morgan fingerprint density at radius 3 is 2.30 bits per heavy atom. The summed E-state index contributed by atoms with van der Waals surface area (Å²) in [6, 6.07) is 22.9. The van der Waals surface area contributed by atoms with Gasteiger partial charge in [0.2, 0.25) is 15.2 Å². The summed E-state index contributed by atoms with van der Waals surface area (Å²) in [4.78, 5) is 12.7. The molecule has 0 aliphatic rings. The van der Waals surface area contributed by atoms with Crippen LogP contribution in [0.4, 0.5) is 10.8 Å². The van der Waals surface area contributed by atoms with E-state index in [2.05, 4.69) is 15.5 Å². The van der Waals surface area contributed by atoms with Gasteiger partial charge in [0.1, 0.15) is 5.01 Å². The van der Waals surface area contributed by atoms with Gasteiger partial charge in [0.15, 0.2) is 0 Å². The average molecular weight is 499 g/mol. The van der Waals surface area contributed by atoms with E-state index in [0.717, 1.165) is 11.8 Å². The highest BCUT2D eigenvalue weighted by Crippen LogP contribution is 2.27. The van der Waals surface area contributed by atoms with Crippen LogP contribution in [0.3, 0.4) is 0 Å². The summed E-state index contributed by atoms with van der Waals surface area (Å²) in [7, 11) is -3.58. The lowest BCUT2D eigenvalue weighted by Crippen LogP contribution is -2.29. The van der Waals surface area contributed by atoms with Crippen molar-refractivity contribution in [3.63, 3.8) is 0 Å². The van der Waals surface area contributed by atoms with Gasteiger partial charge in [0.05, 0.1) is 18.5 Å². The van der Waals surface area contributed by atoms with Gasteiger partial charge in [0.25, 0.3) is 5.91 Å². The lowest BCUT2D eigenvalue weighted by atomic mass is 10.2. The highest BCUT2D eigenvalue weighted by atomic mass is 35.5. The van der Waals surface area contributed by atoms with Crippen molar-refractivity contribution in [1.29, 1.82) is 0 Å². The Bertz CT molecular complexity index is 1370. The molecule has 4 rings (SSSR count). The van der Waals surface area contributed by atoms with Crippen LogP contribution >= 0.6 is 22.9 Å². The standard InChI is InChI=1S/C23H19ClN4O3S2/c1-33(30,31)28(15-18-9-5-6-10-20(18)24)19-13-11-16(12-14-19)21(29)25-23-27-26-22(32-23)17-7-3-2-4-8-17/h2-14H,15H2,1H3,(H,25,27,29). The Morgan fingerprint density at radius 2 is 1.64 bits per heavy atom. The molecule has 0 unspecified atom stereocenters. The first-order valence-electron chi connectivity index (χ1n) is 9.83. The second kappa shape index (κ2) is 9.70. The van der Waals surface area contributed by atoms with Gasteiger partial charge in [-0.15, -0.1) is 10.2 Å². The zero-order chi connectivity index (χ0) is 23.4. The first-order valence-corrected chi connectivity index (χ1v) is 12.9. The molecule has 0 aliphatic heterocycles. The van der Waals surface area contributed by atoms with Crippen LogP contribution in [-0.2, 0) is 16.6 Å². The van der Waals surface area contributed by atoms with Gasteiger partial charge in [-0.05, 0) is 35.9 Å². The lowest BCUT2D eigenvalue weighted by Gasteiger charge is -2.23. The van der Waals surface area contributed by atoms with E-state index >= 15 is 0 Å². The molecule has 0 bridgehead atoms. The van der Waals surface area contributed by atoms with E-state index < -0.39 is 10.0 Å². The van der Waals surface area contributed by atoms with Crippen LogP contribution in [0.25, 0.3) is 10.6 Å². The van der Waals surface area contributed by atoms with Crippen molar-refractivity contribution in [2.75, 3.05) is 15.9 Å². The number of carbonyl (C=O) groups excluding carboxylic acids is 1. The zero-order valence-electron chi connectivity index (χ0n) is 17.5. The number of nitrogens with one attached hydrogen (secondary N) is 1. The second-order valence-electron chi connectivity index (χ2n) is 7.14. The molecule has 0 saturated heterocycles. The van der Waals surface area contributed by atoms with Crippen molar-refractivity contribution in [3.8, 4) is 10.6 Å². The number of hydrogen-bond acceptors (Lipinski definition) is 6. The third-order valence-corrected chi connectivity index (χ3v) is 7.15. The largest absolute Gasteiger partial charge is 0.296 e. The number of rotatable bonds is 7. The fraction of sp³-hybridized carbons (Fsp3) is 0.0870. The van der Waals surface area contributed by atoms with Crippen molar-refractivity contribution < 1.29 is 13.2 Å². The van der Waals surface area contributed by atoms with Crippen molar-refractivity contribution in [2.24, 2.45) is 0 Å². The first kappa shape index (κ1) is 22.9. The molecule has 1 aromatic heterocycles. The first-order chi connectivity index (χ1) is 15.8. The van der Waals surface area contributed by atoms with Crippen LogP contribution in [0, 0.1) is 0 Å². The maximum Gasteiger partial charge on any atom is 0.257 e. The third-order valence-electron chi connectivity index (χ3n) is 4.76. The zero-order valence-corrected chi connectivity index (χ0v) is 19.9. The molecular formula is C23H19ClN4O3S2. The van der Waals surface area contributed by atoms with Crippen LogP contribution in [0.5, 0.6) is 0 Å². The number of hydrogen-bond donors (Lipinski definition) is 1. The summed E-state index contributed by atoms with van der Waals surface area (Å²) in [6.45, 7) is 0.0805. The molecule has 0 atom stereocenters. The van der Waals surface area contributed by atoms with E-state index in [9.17, 15) is 13.2 Å². The van der Waals surface area contributed by atoms with E-state index in [1.807, 2.05) is 30.3 Å². The molecule has 168 valence electrons. The highest BCUT2D eigenvalue weighted by molar-refractivity contribution is 7.92. The fourth-order valence-corrected chi connectivity index (χ4v) is 4.92. The monoisotopic (exact) mass is 498 g/mol. The van der Waals surface area contributed by atoms with Crippen LogP contribution < -0.4 is 9.62 Å². The van der Waals surface area contributed by atoms with Crippen LogP contribution in [0.15, 0.2) is 78.9 Å². The van der Waals surface area contributed by atoms with E-state index in [-0.39, 0.29) is 12.5 Å². The third kappa shape index (κ3) is 5.57. The molecule has 10 heteroatoms. The maximum absolute atomic E-state index is 12.7. The van der Waals surface area contributed by atoms with Crippen molar-refractivity contribution in [3.05, 3.63) is 95.0 Å². The quantitative estimate of drug-likeness (QED) is 0.383. The molecule has 4 aromatic rings. The van der Waals surface area contributed by atoms with E-state index in [4.69, 9.17) is 11.6 Å².